The summed E-state index contributed by atoms with van der Waals surface area (Å²) >= 11 is 0. The zero-order chi connectivity index (χ0) is 12.4. The molecule has 1 aromatic carbocycles. The summed E-state index contributed by atoms with van der Waals surface area (Å²) in [6, 6.07) is 5.42. The van der Waals surface area contributed by atoms with Gasteiger partial charge in [0.05, 0.1) is 0 Å². The van der Waals surface area contributed by atoms with E-state index in [2.05, 4.69) is 13.8 Å². The van der Waals surface area contributed by atoms with Gasteiger partial charge in [-0.3, -0.25) is 4.79 Å². The monoisotopic (exact) mass is 234 g/mol. The lowest BCUT2D eigenvalue weighted by atomic mass is 9.89. The molecular weight excluding hydrogens is 216 g/mol. The largest absolute Gasteiger partial charge is 0.486 e. The molecule has 0 bridgehead atoms. The zero-order valence-corrected chi connectivity index (χ0v) is 10.5. The minimum atomic E-state index is 0.0255. The molecule has 3 nitrogen and oxygen atoms in total. The predicted molar refractivity (Wildman–Crippen MR) is 65.8 cm³/mol. The normalized spacial score (nSPS) is 15.8. The van der Waals surface area contributed by atoms with Gasteiger partial charge in [0.15, 0.2) is 17.3 Å². The molecule has 92 valence electrons. The number of fused-ring (bicyclic) bond motifs is 1. The van der Waals surface area contributed by atoms with Crippen LogP contribution >= 0.6 is 0 Å². The van der Waals surface area contributed by atoms with Crippen LogP contribution in [0, 0.1) is 11.8 Å². The van der Waals surface area contributed by atoms with Crippen molar-refractivity contribution < 1.29 is 14.3 Å². The zero-order valence-electron chi connectivity index (χ0n) is 10.5. The second-order valence-corrected chi connectivity index (χ2v) is 4.76. The smallest absolute Gasteiger partial charge is 0.166 e. The SMILES string of the molecule is CC(C)C(C)C(=O)c1ccc2c(c1)OCCO2. The van der Waals surface area contributed by atoms with Gasteiger partial charge in [0.25, 0.3) is 0 Å². The first-order valence-electron chi connectivity index (χ1n) is 6.03. The summed E-state index contributed by atoms with van der Waals surface area (Å²) in [5.41, 5.74) is 0.704. The Morgan fingerprint density at radius 2 is 1.76 bits per heavy atom. The molecule has 0 radical (unpaired) electrons. The highest BCUT2D eigenvalue weighted by Gasteiger charge is 2.21. The van der Waals surface area contributed by atoms with E-state index < -0.39 is 0 Å². The molecule has 1 aliphatic rings. The van der Waals surface area contributed by atoms with Crippen molar-refractivity contribution in [2.75, 3.05) is 13.2 Å². The van der Waals surface area contributed by atoms with Crippen LogP contribution in [0.2, 0.25) is 0 Å². The van der Waals surface area contributed by atoms with Crippen LogP contribution < -0.4 is 9.47 Å². The first-order chi connectivity index (χ1) is 8.09. The summed E-state index contributed by atoms with van der Waals surface area (Å²) < 4.78 is 10.9. The predicted octanol–water partition coefficient (Wildman–Crippen LogP) is 2.93. The Labute approximate surface area is 102 Å². The van der Waals surface area contributed by atoms with Crippen molar-refractivity contribution in [2.24, 2.45) is 11.8 Å². The summed E-state index contributed by atoms with van der Waals surface area (Å²) in [5.74, 6) is 1.94. The van der Waals surface area contributed by atoms with Crippen molar-refractivity contribution in [1.29, 1.82) is 0 Å². The number of ether oxygens (including phenoxy) is 2. The lowest BCUT2D eigenvalue weighted by molar-refractivity contribution is 0.0898. The Morgan fingerprint density at radius 3 is 2.41 bits per heavy atom. The molecule has 1 aliphatic heterocycles. The van der Waals surface area contributed by atoms with E-state index in [4.69, 9.17) is 9.47 Å². The molecule has 1 heterocycles. The Balaban J connectivity index is 2.25. The van der Waals surface area contributed by atoms with Crippen LogP contribution in [0.3, 0.4) is 0 Å². The molecule has 0 fully saturated rings. The van der Waals surface area contributed by atoms with Crippen molar-refractivity contribution in [1.82, 2.24) is 0 Å². The topological polar surface area (TPSA) is 35.5 Å². The minimum Gasteiger partial charge on any atom is -0.486 e. The quantitative estimate of drug-likeness (QED) is 0.754. The molecule has 0 spiro atoms. The van der Waals surface area contributed by atoms with E-state index in [0.29, 0.717) is 30.4 Å². The van der Waals surface area contributed by atoms with Crippen molar-refractivity contribution in [3.05, 3.63) is 23.8 Å². The average Bonchev–Trinajstić information content (AvgIpc) is 2.36. The number of carbonyl (C=O) groups excluding carboxylic acids is 1. The molecule has 0 aromatic heterocycles. The maximum absolute atomic E-state index is 12.2. The molecule has 1 atom stereocenters. The lowest BCUT2D eigenvalue weighted by Gasteiger charge is -2.20. The van der Waals surface area contributed by atoms with E-state index in [-0.39, 0.29) is 11.7 Å². The number of rotatable bonds is 3. The lowest BCUT2D eigenvalue weighted by Crippen LogP contribution is -2.19. The number of benzene rings is 1. The maximum atomic E-state index is 12.2. The van der Waals surface area contributed by atoms with Crippen molar-refractivity contribution in [2.45, 2.75) is 20.8 Å². The summed E-state index contributed by atoms with van der Waals surface area (Å²) in [6.45, 7) is 7.19. The van der Waals surface area contributed by atoms with Crippen molar-refractivity contribution in [3.8, 4) is 11.5 Å². The molecule has 0 saturated carbocycles. The van der Waals surface area contributed by atoms with Gasteiger partial charge in [0.2, 0.25) is 0 Å². The molecular formula is C14H18O3. The summed E-state index contributed by atoms with van der Waals surface area (Å²) in [4.78, 5) is 12.2. The van der Waals surface area contributed by atoms with Crippen LogP contribution in [0.5, 0.6) is 11.5 Å². The summed E-state index contributed by atoms with van der Waals surface area (Å²) in [7, 11) is 0. The van der Waals surface area contributed by atoms with Gasteiger partial charge in [-0.15, -0.1) is 0 Å². The summed E-state index contributed by atoms with van der Waals surface area (Å²) in [6.07, 6.45) is 0. The molecule has 0 aliphatic carbocycles. The maximum Gasteiger partial charge on any atom is 0.166 e. The highest BCUT2D eigenvalue weighted by molar-refractivity contribution is 5.98. The molecule has 2 rings (SSSR count). The number of hydrogen-bond donors (Lipinski definition) is 0. The van der Waals surface area contributed by atoms with E-state index in [1.165, 1.54) is 0 Å². The molecule has 0 N–H and O–H groups in total. The number of ketones is 1. The number of Topliss-reactive ketones (excluding diaryl/α,β-unsaturated/α-hetero) is 1. The van der Waals surface area contributed by atoms with Gasteiger partial charge in [0.1, 0.15) is 13.2 Å². The molecule has 0 amide bonds. The van der Waals surface area contributed by atoms with E-state index in [0.717, 1.165) is 5.75 Å². The van der Waals surface area contributed by atoms with Crippen LogP contribution in [-0.4, -0.2) is 19.0 Å². The van der Waals surface area contributed by atoms with Crippen molar-refractivity contribution in [3.63, 3.8) is 0 Å². The fraction of sp³-hybridized carbons (Fsp3) is 0.500. The summed E-state index contributed by atoms with van der Waals surface area (Å²) in [5, 5.41) is 0. The third kappa shape index (κ3) is 2.43. The third-order valence-electron chi connectivity index (χ3n) is 3.24. The fourth-order valence-corrected chi connectivity index (χ4v) is 1.76. The van der Waals surface area contributed by atoms with Gasteiger partial charge in [-0.05, 0) is 24.1 Å². The Kier molecular flexibility index (Phi) is 3.36. The highest BCUT2D eigenvalue weighted by Crippen LogP contribution is 2.31. The van der Waals surface area contributed by atoms with Crippen LogP contribution in [-0.2, 0) is 0 Å². The van der Waals surface area contributed by atoms with Gasteiger partial charge in [0, 0.05) is 11.5 Å². The molecule has 17 heavy (non-hydrogen) atoms. The van der Waals surface area contributed by atoms with Crippen molar-refractivity contribution >= 4 is 5.78 Å². The van der Waals surface area contributed by atoms with Gasteiger partial charge in [-0.1, -0.05) is 20.8 Å². The Morgan fingerprint density at radius 1 is 1.12 bits per heavy atom. The standard InChI is InChI=1S/C14H18O3/c1-9(2)10(3)14(15)11-4-5-12-13(8-11)17-7-6-16-12/h4-5,8-10H,6-7H2,1-3H3. The Bertz CT molecular complexity index is 423. The van der Waals surface area contributed by atoms with E-state index in [1.807, 2.05) is 19.1 Å². The van der Waals surface area contributed by atoms with Gasteiger partial charge in [-0.2, -0.15) is 0 Å². The number of carbonyl (C=O) groups is 1. The van der Waals surface area contributed by atoms with Gasteiger partial charge < -0.3 is 9.47 Å². The van der Waals surface area contributed by atoms with E-state index in [9.17, 15) is 4.79 Å². The minimum absolute atomic E-state index is 0.0255. The van der Waals surface area contributed by atoms with E-state index in [1.54, 1.807) is 6.07 Å². The average molecular weight is 234 g/mol. The second kappa shape index (κ2) is 4.78. The molecule has 0 saturated heterocycles. The van der Waals surface area contributed by atoms with Crippen LogP contribution in [0.4, 0.5) is 0 Å². The first kappa shape index (κ1) is 12.0. The molecule has 1 unspecified atom stereocenters. The highest BCUT2D eigenvalue weighted by atomic mass is 16.6. The molecule has 3 heteroatoms. The van der Waals surface area contributed by atoms with Crippen LogP contribution in [0.15, 0.2) is 18.2 Å². The van der Waals surface area contributed by atoms with Crippen LogP contribution in [0.25, 0.3) is 0 Å². The second-order valence-electron chi connectivity index (χ2n) is 4.76. The fourth-order valence-electron chi connectivity index (χ4n) is 1.76. The van der Waals surface area contributed by atoms with E-state index >= 15 is 0 Å². The first-order valence-corrected chi connectivity index (χ1v) is 6.03. The van der Waals surface area contributed by atoms with Crippen LogP contribution in [0.1, 0.15) is 31.1 Å². The third-order valence-corrected chi connectivity index (χ3v) is 3.24. The van der Waals surface area contributed by atoms with Gasteiger partial charge in [-0.25, -0.2) is 0 Å². The Hall–Kier alpha value is -1.51. The van der Waals surface area contributed by atoms with Gasteiger partial charge >= 0.3 is 0 Å². The number of hydrogen-bond acceptors (Lipinski definition) is 3. The molecule has 1 aromatic rings.